The third kappa shape index (κ3) is 8.92. The molecule has 2 aliphatic heterocycles. The van der Waals surface area contributed by atoms with E-state index in [-0.39, 0.29) is 24.0 Å². The highest BCUT2D eigenvalue weighted by atomic mass is 127. The maximum atomic E-state index is 6.00. The number of hydrogen-bond donors (Lipinski definition) is 1. The summed E-state index contributed by atoms with van der Waals surface area (Å²) in [7, 11) is 0. The molecule has 2 saturated heterocycles. The Bertz CT molecular complexity index is 797. The van der Waals surface area contributed by atoms with Crippen LogP contribution in [0.2, 0.25) is 0 Å². The Labute approximate surface area is 214 Å². The first-order chi connectivity index (χ1) is 15.9. The largest absolute Gasteiger partial charge is 0.469 e. The lowest BCUT2D eigenvalue weighted by atomic mass is 10.1. The van der Waals surface area contributed by atoms with Gasteiger partial charge in [0.25, 0.3) is 0 Å². The second-order valence-electron chi connectivity index (χ2n) is 8.52. The van der Waals surface area contributed by atoms with Crippen molar-refractivity contribution in [2.75, 3.05) is 65.6 Å². The number of morpholine rings is 1. The molecule has 0 bridgehead atoms. The average Bonchev–Trinajstić information content (AvgIpc) is 3.52. The summed E-state index contributed by atoms with van der Waals surface area (Å²) in [4.78, 5) is 9.77. The van der Waals surface area contributed by atoms with E-state index in [9.17, 15) is 0 Å². The second kappa shape index (κ2) is 14.6. The van der Waals surface area contributed by atoms with Gasteiger partial charge < -0.3 is 24.1 Å². The normalized spacial score (nSPS) is 19.5. The van der Waals surface area contributed by atoms with Crippen molar-refractivity contribution in [1.82, 2.24) is 15.1 Å². The first-order valence-electron chi connectivity index (χ1n) is 11.8. The minimum Gasteiger partial charge on any atom is -0.469 e. The SMILES string of the molecule is I.c1ccc(COCC2CCN(C(=NCCN3CCOCC3)NCCc3ccco3)C2)cc1. The molecule has 2 aliphatic rings. The summed E-state index contributed by atoms with van der Waals surface area (Å²) in [6.45, 7) is 9.72. The number of ether oxygens (including phenoxy) is 2. The van der Waals surface area contributed by atoms with E-state index in [0.717, 1.165) is 90.2 Å². The van der Waals surface area contributed by atoms with Crippen molar-refractivity contribution in [3.8, 4) is 0 Å². The predicted molar refractivity (Wildman–Crippen MR) is 141 cm³/mol. The predicted octanol–water partition coefficient (Wildman–Crippen LogP) is 3.26. The molecule has 1 aromatic carbocycles. The van der Waals surface area contributed by atoms with Crippen molar-refractivity contribution in [3.63, 3.8) is 0 Å². The number of halogens is 1. The Morgan fingerprint density at radius 3 is 2.73 bits per heavy atom. The molecule has 7 nitrogen and oxygen atoms in total. The first kappa shape index (κ1) is 26.0. The van der Waals surface area contributed by atoms with Gasteiger partial charge in [-0.25, -0.2) is 0 Å². The second-order valence-corrected chi connectivity index (χ2v) is 8.52. The summed E-state index contributed by atoms with van der Waals surface area (Å²) in [6, 6.07) is 14.3. The van der Waals surface area contributed by atoms with E-state index >= 15 is 0 Å². The van der Waals surface area contributed by atoms with Crippen LogP contribution < -0.4 is 5.32 Å². The van der Waals surface area contributed by atoms with Gasteiger partial charge >= 0.3 is 0 Å². The summed E-state index contributed by atoms with van der Waals surface area (Å²) in [6.07, 6.45) is 3.72. The summed E-state index contributed by atoms with van der Waals surface area (Å²) >= 11 is 0. The highest BCUT2D eigenvalue weighted by Crippen LogP contribution is 2.17. The van der Waals surface area contributed by atoms with Crippen molar-refractivity contribution >= 4 is 29.9 Å². The Morgan fingerprint density at radius 2 is 1.94 bits per heavy atom. The van der Waals surface area contributed by atoms with Crippen molar-refractivity contribution in [2.45, 2.75) is 19.4 Å². The van der Waals surface area contributed by atoms with Crippen molar-refractivity contribution in [2.24, 2.45) is 10.9 Å². The van der Waals surface area contributed by atoms with Gasteiger partial charge in [0.2, 0.25) is 0 Å². The van der Waals surface area contributed by atoms with Gasteiger partial charge in [0.05, 0.1) is 39.2 Å². The number of rotatable bonds is 10. The highest BCUT2D eigenvalue weighted by molar-refractivity contribution is 14.0. The summed E-state index contributed by atoms with van der Waals surface area (Å²) < 4.78 is 16.9. The molecule has 33 heavy (non-hydrogen) atoms. The van der Waals surface area contributed by atoms with Crippen molar-refractivity contribution < 1.29 is 13.9 Å². The van der Waals surface area contributed by atoms with E-state index in [4.69, 9.17) is 18.9 Å². The average molecular weight is 569 g/mol. The van der Waals surface area contributed by atoms with Crippen LogP contribution in [0.3, 0.4) is 0 Å². The van der Waals surface area contributed by atoms with Crippen LogP contribution >= 0.6 is 24.0 Å². The number of likely N-dealkylation sites (tertiary alicyclic amines) is 1. The molecule has 0 spiro atoms. The van der Waals surface area contributed by atoms with E-state index < -0.39 is 0 Å². The molecular weight excluding hydrogens is 531 g/mol. The van der Waals surface area contributed by atoms with E-state index in [1.807, 2.05) is 18.2 Å². The third-order valence-corrected chi connectivity index (χ3v) is 6.07. The minimum absolute atomic E-state index is 0. The van der Waals surface area contributed by atoms with Crippen LogP contribution in [0.5, 0.6) is 0 Å². The van der Waals surface area contributed by atoms with Gasteiger partial charge in [-0.1, -0.05) is 30.3 Å². The van der Waals surface area contributed by atoms with Crippen molar-refractivity contribution in [1.29, 1.82) is 0 Å². The van der Waals surface area contributed by atoms with Crippen LogP contribution in [0, 0.1) is 5.92 Å². The zero-order valence-corrected chi connectivity index (χ0v) is 21.7. The standard InChI is InChI=1S/C25H36N4O3.HI/c1-2-5-22(6-3-1)20-31-21-23-9-12-29(19-23)25(26-10-8-24-7-4-16-32-24)27-11-13-28-14-17-30-18-15-28;/h1-7,16,23H,8-15,17-21H2,(H,26,27);1H. The molecule has 1 N–H and O–H groups in total. The van der Waals surface area contributed by atoms with E-state index in [0.29, 0.717) is 12.5 Å². The van der Waals surface area contributed by atoms with Crippen LogP contribution in [0.25, 0.3) is 0 Å². The summed E-state index contributed by atoms with van der Waals surface area (Å²) in [5, 5.41) is 3.57. The third-order valence-electron chi connectivity index (χ3n) is 6.07. The molecule has 1 unspecified atom stereocenters. The Hall–Kier alpha value is -1.62. The molecule has 4 rings (SSSR count). The number of guanidine groups is 1. The smallest absolute Gasteiger partial charge is 0.193 e. The fourth-order valence-electron chi connectivity index (χ4n) is 4.22. The maximum absolute atomic E-state index is 6.00. The van der Waals surface area contributed by atoms with Crippen LogP contribution in [0.15, 0.2) is 58.1 Å². The quantitative estimate of drug-likeness (QED) is 0.270. The van der Waals surface area contributed by atoms with Crippen LogP contribution in [-0.2, 0) is 22.5 Å². The lowest BCUT2D eigenvalue weighted by Gasteiger charge is -2.26. The number of hydrogen-bond acceptors (Lipinski definition) is 5. The summed E-state index contributed by atoms with van der Waals surface area (Å²) in [5.74, 6) is 2.55. The fourth-order valence-corrected chi connectivity index (χ4v) is 4.22. The molecule has 182 valence electrons. The van der Waals surface area contributed by atoms with Gasteiger partial charge in [0.15, 0.2) is 5.96 Å². The molecule has 3 heterocycles. The molecule has 0 amide bonds. The molecule has 1 aromatic heterocycles. The minimum atomic E-state index is 0. The van der Waals surface area contributed by atoms with Gasteiger partial charge in [-0.05, 0) is 24.1 Å². The molecule has 8 heteroatoms. The van der Waals surface area contributed by atoms with Crippen LogP contribution in [-0.4, -0.2) is 81.4 Å². The maximum Gasteiger partial charge on any atom is 0.193 e. The number of benzene rings is 1. The number of aliphatic imine (C=N–C) groups is 1. The molecule has 0 radical (unpaired) electrons. The lowest BCUT2D eigenvalue weighted by Crippen LogP contribution is -2.42. The van der Waals surface area contributed by atoms with E-state index in [1.165, 1.54) is 5.56 Å². The van der Waals surface area contributed by atoms with Gasteiger partial charge in [-0.3, -0.25) is 9.89 Å². The number of furan rings is 1. The zero-order chi connectivity index (χ0) is 21.8. The monoisotopic (exact) mass is 568 g/mol. The topological polar surface area (TPSA) is 62.5 Å². The van der Waals surface area contributed by atoms with Gasteiger partial charge in [-0.15, -0.1) is 24.0 Å². The first-order valence-corrected chi connectivity index (χ1v) is 11.8. The summed E-state index contributed by atoms with van der Waals surface area (Å²) in [5.41, 5.74) is 1.23. The molecule has 2 fully saturated rings. The Morgan fingerprint density at radius 1 is 1.09 bits per heavy atom. The molecular formula is C25H37IN4O3. The zero-order valence-electron chi connectivity index (χ0n) is 19.4. The molecule has 1 atom stereocenters. The van der Waals surface area contributed by atoms with Crippen LogP contribution in [0.1, 0.15) is 17.7 Å². The van der Waals surface area contributed by atoms with Gasteiger partial charge in [0, 0.05) is 51.6 Å². The molecule has 0 saturated carbocycles. The molecule has 0 aliphatic carbocycles. The van der Waals surface area contributed by atoms with Crippen molar-refractivity contribution in [3.05, 3.63) is 60.1 Å². The highest BCUT2D eigenvalue weighted by Gasteiger charge is 2.25. The number of nitrogens with zero attached hydrogens (tertiary/aromatic N) is 3. The van der Waals surface area contributed by atoms with Gasteiger partial charge in [-0.2, -0.15) is 0 Å². The molecule has 2 aromatic rings. The van der Waals surface area contributed by atoms with E-state index in [1.54, 1.807) is 6.26 Å². The Balaban J connectivity index is 0.00000306. The van der Waals surface area contributed by atoms with Crippen LogP contribution in [0.4, 0.5) is 0 Å². The van der Waals surface area contributed by atoms with E-state index in [2.05, 4.69) is 39.4 Å². The number of nitrogens with one attached hydrogen (secondary N) is 1. The Kier molecular flexibility index (Phi) is 11.5. The fraction of sp³-hybridized carbons (Fsp3) is 0.560. The van der Waals surface area contributed by atoms with Gasteiger partial charge in [0.1, 0.15) is 5.76 Å². The lowest BCUT2D eigenvalue weighted by molar-refractivity contribution is 0.0394.